The van der Waals surface area contributed by atoms with E-state index in [1.807, 2.05) is 0 Å². The molecule has 4 bridgehead atoms. The van der Waals surface area contributed by atoms with Gasteiger partial charge >= 0.3 is 0 Å². The summed E-state index contributed by atoms with van der Waals surface area (Å²) in [5.41, 5.74) is 1.86. The molecule has 0 unspecified atom stereocenters. The Morgan fingerprint density at radius 2 is 1.48 bits per heavy atom. The van der Waals surface area contributed by atoms with Gasteiger partial charge in [0.2, 0.25) is 5.91 Å². The summed E-state index contributed by atoms with van der Waals surface area (Å²) in [4.78, 5) is 67.8. The number of carbonyl (C=O) groups excluding carboxylic acids is 2. The van der Waals surface area contributed by atoms with E-state index in [0.29, 0.717) is 28.3 Å². The van der Waals surface area contributed by atoms with Crippen LogP contribution in [-0.4, -0.2) is 73.7 Å². The van der Waals surface area contributed by atoms with E-state index in [2.05, 4.69) is 43.2 Å². The smallest absolute Gasteiger partial charge is 0.272 e. The zero-order chi connectivity index (χ0) is 37.6. The van der Waals surface area contributed by atoms with E-state index in [1.165, 1.54) is 49.6 Å². The van der Waals surface area contributed by atoms with Gasteiger partial charge in [-0.25, -0.2) is 9.37 Å². The first kappa shape index (κ1) is 36.1. The number of imidazole rings is 1. The zero-order valence-corrected chi connectivity index (χ0v) is 31.2. The second-order valence-corrected chi connectivity index (χ2v) is 16.5. The molecule has 5 aliphatic rings. The van der Waals surface area contributed by atoms with Crippen molar-refractivity contribution in [3.8, 4) is 0 Å². The van der Waals surface area contributed by atoms with Gasteiger partial charge in [-0.05, 0) is 123 Å². The summed E-state index contributed by atoms with van der Waals surface area (Å²) in [5.74, 6) is 2.19. The van der Waals surface area contributed by atoms with E-state index >= 15 is 0 Å². The van der Waals surface area contributed by atoms with Crippen LogP contribution in [0.15, 0.2) is 64.4 Å². The molecule has 1 aliphatic heterocycles. The van der Waals surface area contributed by atoms with Crippen LogP contribution in [0.25, 0.3) is 12.2 Å². The number of carbonyl (C=O) groups is 2. The second kappa shape index (κ2) is 14.7. The number of hydrogen-bond donors (Lipinski definition) is 2. The Hall–Kier alpha value is -4.90. The number of ketones is 1. The summed E-state index contributed by atoms with van der Waals surface area (Å²) in [5, 5.41) is 0.154. The van der Waals surface area contributed by atoms with Gasteiger partial charge in [0.05, 0.1) is 17.4 Å². The number of amides is 1. The van der Waals surface area contributed by atoms with Gasteiger partial charge in [-0.15, -0.1) is 0 Å². The Morgan fingerprint density at radius 3 is 2.11 bits per heavy atom. The van der Waals surface area contributed by atoms with Crippen molar-refractivity contribution in [2.24, 2.45) is 23.2 Å². The first-order valence-electron chi connectivity index (χ1n) is 19.6. The highest BCUT2D eigenvalue weighted by atomic mass is 19.1. The fraction of sp³-hybridized carbons (Fsp3) is 0.465. The van der Waals surface area contributed by atoms with Gasteiger partial charge in [-0.3, -0.25) is 24.1 Å². The van der Waals surface area contributed by atoms with Crippen LogP contribution in [0.5, 0.6) is 0 Å². The maximum absolute atomic E-state index is 13.8. The number of H-pyrrole nitrogens is 2. The van der Waals surface area contributed by atoms with Gasteiger partial charge in [0, 0.05) is 49.5 Å². The van der Waals surface area contributed by atoms with Crippen molar-refractivity contribution < 1.29 is 14.0 Å². The predicted octanol–water partition coefficient (Wildman–Crippen LogP) is 4.16. The van der Waals surface area contributed by atoms with Crippen LogP contribution < -0.4 is 21.8 Å². The van der Waals surface area contributed by atoms with Crippen molar-refractivity contribution in [2.75, 3.05) is 32.7 Å². The van der Waals surface area contributed by atoms with Crippen LogP contribution in [-0.2, 0) is 11.3 Å². The molecule has 1 amide bonds. The number of hydrogen-bond acceptors (Lipinski definition) is 6. The van der Waals surface area contributed by atoms with E-state index in [0.717, 1.165) is 88.4 Å². The molecule has 3 heterocycles. The van der Waals surface area contributed by atoms with Crippen molar-refractivity contribution in [3.63, 3.8) is 0 Å². The maximum Gasteiger partial charge on any atom is 0.272 e. The molecule has 282 valence electrons. The molecule has 1 saturated heterocycles. The van der Waals surface area contributed by atoms with Crippen molar-refractivity contribution in [1.82, 2.24) is 29.3 Å². The molecule has 0 spiro atoms. The van der Waals surface area contributed by atoms with Gasteiger partial charge in [-0.1, -0.05) is 32.0 Å². The molecular weight excluding hydrogens is 684 g/mol. The van der Waals surface area contributed by atoms with Gasteiger partial charge in [0.15, 0.2) is 5.78 Å². The normalized spacial score (nSPS) is 24.5. The Bertz CT molecular complexity index is 2260. The number of halogens is 1. The summed E-state index contributed by atoms with van der Waals surface area (Å²) in [6.45, 7) is 9.31. The van der Waals surface area contributed by atoms with Crippen molar-refractivity contribution in [3.05, 3.63) is 120 Å². The van der Waals surface area contributed by atoms with Gasteiger partial charge < -0.3 is 19.4 Å². The number of benzene rings is 2. The third-order valence-electron chi connectivity index (χ3n) is 12.3. The number of aryl methyl sites for hydroxylation is 1. The fourth-order valence-corrected chi connectivity index (χ4v) is 10.2. The molecule has 5 fully saturated rings. The minimum absolute atomic E-state index is 0.0519. The van der Waals surface area contributed by atoms with Crippen LogP contribution >= 0.6 is 0 Å². The number of piperazine rings is 1. The highest BCUT2D eigenvalue weighted by Gasteiger charge is 2.55. The second-order valence-electron chi connectivity index (χ2n) is 16.5. The molecule has 2 aromatic heterocycles. The average molecular weight is 733 g/mol. The summed E-state index contributed by atoms with van der Waals surface area (Å²) < 4.78 is 15.5. The molecule has 4 saturated carbocycles. The third kappa shape index (κ3) is 7.30. The molecule has 2 aromatic carbocycles. The molecule has 0 radical (unpaired) electrons. The Balaban J connectivity index is 0.908. The quantitative estimate of drug-likeness (QED) is 0.236. The maximum atomic E-state index is 13.8. The van der Waals surface area contributed by atoms with E-state index in [9.17, 15) is 23.6 Å². The Labute approximate surface area is 313 Å². The van der Waals surface area contributed by atoms with E-state index in [4.69, 9.17) is 0 Å². The molecule has 2 N–H and O–H groups in total. The Morgan fingerprint density at radius 1 is 0.852 bits per heavy atom. The number of aromatic amines is 2. The predicted molar refractivity (Wildman–Crippen MR) is 205 cm³/mol. The first-order valence-corrected chi connectivity index (χ1v) is 19.6. The zero-order valence-electron chi connectivity index (χ0n) is 31.2. The molecule has 11 heteroatoms. The molecule has 9 rings (SSSR count). The number of nitrogens with one attached hydrogen (secondary N) is 2. The summed E-state index contributed by atoms with van der Waals surface area (Å²) in [6, 6.07) is 12.0. The molecular formula is C43H49FN6O4. The van der Waals surface area contributed by atoms with Crippen molar-refractivity contribution in [1.29, 1.82) is 0 Å². The minimum atomic E-state index is -0.485. The lowest BCUT2D eigenvalue weighted by Gasteiger charge is -2.57. The van der Waals surface area contributed by atoms with E-state index in [-0.39, 0.29) is 27.8 Å². The van der Waals surface area contributed by atoms with Gasteiger partial charge in [-0.2, -0.15) is 0 Å². The lowest BCUT2D eigenvalue weighted by molar-refractivity contribution is -0.159. The van der Waals surface area contributed by atoms with Crippen molar-refractivity contribution >= 4 is 23.8 Å². The van der Waals surface area contributed by atoms with Crippen LogP contribution in [0.3, 0.4) is 0 Å². The minimum Gasteiger partial charge on any atom is -0.340 e. The molecule has 4 aromatic rings. The van der Waals surface area contributed by atoms with E-state index in [1.54, 1.807) is 36.7 Å². The van der Waals surface area contributed by atoms with Crippen LogP contribution in [0, 0.1) is 29.0 Å². The van der Waals surface area contributed by atoms with Gasteiger partial charge in [0.1, 0.15) is 16.5 Å². The number of rotatable bonds is 10. The number of aromatic nitrogens is 4. The fourth-order valence-electron chi connectivity index (χ4n) is 10.2. The highest BCUT2D eigenvalue weighted by Crippen LogP contribution is 2.60. The molecule has 0 atom stereocenters. The lowest BCUT2D eigenvalue weighted by atomic mass is 9.49. The summed E-state index contributed by atoms with van der Waals surface area (Å²) in [7, 11) is 0. The van der Waals surface area contributed by atoms with Crippen LogP contribution in [0.2, 0.25) is 0 Å². The molecule has 54 heavy (non-hydrogen) atoms. The molecule has 4 aliphatic carbocycles. The van der Waals surface area contributed by atoms with Crippen LogP contribution in [0.4, 0.5) is 4.39 Å². The highest BCUT2D eigenvalue weighted by molar-refractivity contribution is 6.09. The Kier molecular flexibility index (Phi) is 9.85. The SMILES string of the molecule is CC(C)c1c(/C=c2\[nH]c(=O)/c(=C/c3cccc(C(=O)c4ccc(F)cc4)c3)[nH]c2=O)ncn1CCCN1CCN(C(=O)C23CC4CC(CC(C4)C2)C3)CC1. The summed E-state index contributed by atoms with van der Waals surface area (Å²) in [6.07, 6.45) is 13.3. The van der Waals surface area contributed by atoms with E-state index < -0.39 is 16.9 Å². The number of nitrogens with zero attached hydrogens (tertiary/aromatic N) is 4. The average Bonchev–Trinajstić information content (AvgIpc) is 3.55. The van der Waals surface area contributed by atoms with Crippen molar-refractivity contribution in [2.45, 2.75) is 71.3 Å². The standard InChI is InChI=1S/C43H49FN6O4/c1-27(2)38-35(22-37-41(53)46-36(40(52)47-37)21-28-5-3-6-33(20-28)39(51)32-7-9-34(44)10-8-32)45-26-50(38)12-4-11-48-13-15-49(16-14-48)42(54)43-23-29-17-30(24-43)19-31(18-29)25-43/h3,5-10,20-22,26-27,29-31H,4,11-19,23-25H2,1-2H3,(H,46,53)(H,47,52)/b36-21-,37-22-. The summed E-state index contributed by atoms with van der Waals surface area (Å²) >= 11 is 0. The monoisotopic (exact) mass is 732 g/mol. The first-order chi connectivity index (χ1) is 26.0. The van der Waals surface area contributed by atoms with Gasteiger partial charge in [0.25, 0.3) is 11.1 Å². The largest absolute Gasteiger partial charge is 0.340 e. The topological polar surface area (TPSA) is 124 Å². The lowest BCUT2D eigenvalue weighted by Crippen LogP contribution is -2.58. The third-order valence-corrected chi connectivity index (χ3v) is 12.3. The van der Waals surface area contributed by atoms with Crippen LogP contribution in [0.1, 0.15) is 97.6 Å². The molecule has 10 nitrogen and oxygen atoms in total.